The van der Waals surface area contributed by atoms with Gasteiger partial charge in [-0.3, -0.25) is 4.55 Å². The van der Waals surface area contributed by atoms with Crippen LogP contribution >= 0.6 is 0 Å². The molecule has 0 aliphatic rings. The number of unbranched alkanes of at least 4 members (excludes halogenated alkanes) is 9. The average Bonchev–Trinajstić information content (AvgIpc) is 2.24. The summed E-state index contributed by atoms with van der Waals surface area (Å²) < 4.78 is 33.0. The van der Waals surface area contributed by atoms with E-state index < -0.39 is 10.4 Å². The van der Waals surface area contributed by atoms with E-state index in [0.717, 1.165) is 12.8 Å². The Kier molecular flexibility index (Phi) is 23.8. The zero-order valence-corrected chi connectivity index (χ0v) is 11.7. The first-order valence-corrected chi connectivity index (χ1v) is 8.04. The molecule has 0 aromatic rings. The van der Waals surface area contributed by atoms with Crippen LogP contribution in [0.4, 0.5) is 0 Å². The molecule has 0 rings (SSSR count). The van der Waals surface area contributed by atoms with Gasteiger partial charge in [0.15, 0.2) is 0 Å². The van der Waals surface area contributed by atoms with Crippen molar-refractivity contribution in [3.63, 3.8) is 0 Å². The van der Waals surface area contributed by atoms with Crippen molar-refractivity contribution in [1.82, 2.24) is 0 Å². The van der Waals surface area contributed by atoms with Crippen LogP contribution in [0, 0.1) is 0 Å². The molecular weight excluding hydrogens is 287 g/mol. The van der Waals surface area contributed by atoms with Gasteiger partial charge in [0.1, 0.15) is 0 Å². The van der Waals surface area contributed by atoms with Crippen LogP contribution < -0.4 is 0 Å². The van der Waals surface area contributed by atoms with Crippen LogP contribution in [0.5, 0.6) is 0 Å². The van der Waals surface area contributed by atoms with Gasteiger partial charge in [0.25, 0.3) is 0 Å². The molecule has 4 nitrogen and oxygen atoms in total. The topological polar surface area (TPSA) is 63.6 Å². The molecule has 7 heteroatoms. The third kappa shape index (κ3) is 25.0. The first kappa shape index (κ1) is 25.6. The molecule has 0 aromatic heterocycles. The Balaban J connectivity index is -0.00000128. The van der Waals surface area contributed by atoms with Crippen LogP contribution in [-0.4, -0.2) is 72.2 Å². The molecular formula is C12H29MgNaO4S. The molecule has 0 aliphatic heterocycles. The maximum absolute atomic E-state index is 10.2. The van der Waals surface area contributed by atoms with E-state index >= 15 is 0 Å². The van der Waals surface area contributed by atoms with Crippen molar-refractivity contribution in [2.24, 2.45) is 0 Å². The van der Waals surface area contributed by atoms with Gasteiger partial charge in [-0.15, -0.1) is 0 Å². The van der Waals surface area contributed by atoms with E-state index in [2.05, 4.69) is 11.1 Å². The van der Waals surface area contributed by atoms with Crippen molar-refractivity contribution in [2.45, 2.75) is 71.1 Å². The Morgan fingerprint density at radius 2 is 1.21 bits per heavy atom. The predicted octanol–water partition coefficient (Wildman–Crippen LogP) is 2.16. The molecule has 1 N–H and O–H groups in total. The quantitative estimate of drug-likeness (QED) is 0.340. The van der Waals surface area contributed by atoms with Crippen LogP contribution in [-0.2, 0) is 14.6 Å². The maximum atomic E-state index is 10.2. The number of hydrogen-bond acceptors (Lipinski definition) is 3. The molecule has 0 aromatic carbocycles. The van der Waals surface area contributed by atoms with Gasteiger partial charge in [-0.1, -0.05) is 64.7 Å². The Morgan fingerprint density at radius 3 is 1.58 bits per heavy atom. The molecule has 0 saturated carbocycles. The number of hydrogen-bond donors (Lipinski definition) is 1. The molecule has 0 fully saturated rings. The Morgan fingerprint density at radius 1 is 0.842 bits per heavy atom. The van der Waals surface area contributed by atoms with Crippen LogP contribution in [0.1, 0.15) is 71.1 Å². The van der Waals surface area contributed by atoms with Crippen LogP contribution in [0.15, 0.2) is 0 Å². The average molecular weight is 317 g/mol. The molecule has 0 aliphatic carbocycles. The second-order valence-corrected chi connectivity index (χ2v) is 5.52. The summed E-state index contributed by atoms with van der Waals surface area (Å²) in [6.07, 6.45) is 11.9. The second-order valence-electron chi connectivity index (χ2n) is 4.43. The van der Waals surface area contributed by atoms with Crippen molar-refractivity contribution in [3.8, 4) is 0 Å². The van der Waals surface area contributed by atoms with Crippen molar-refractivity contribution >= 4 is 63.0 Å². The molecule has 0 radical (unpaired) electrons. The summed E-state index contributed by atoms with van der Waals surface area (Å²) >= 11 is 0. The van der Waals surface area contributed by atoms with E-state index in [9.17, 15) is 8.42 Å². The van der Waals surface area contributed by atoms with Gasteiger partial charge < -0.3 is 0 Å². The summed E-state index contributed by atoms with van der Waals surface area (Å²) in [5, 5.41) is 0. The van der Waals surface area contributed by atoms with E-state index in [4.69, 9.17) is 4.55 Å². The Labute approximate surface area is 156 Å². The first-order valence-electron chi connectivity index (χ1n) is 6.68. The van der Waals surface area contributed by atoms with Crippen LogP contribution in [0.3, 0.4) is 0 Å². The van der Waals surface area contributed by atoms with Gasteiger partial charge in [-0.05, 0) is 6.42 Å². The summed E-state index contributed by atoms with van der Waals surface area (Å²) in [5.74, 6) is 0. The van der Waals surface area contributed by atoms with E-state index in [1.807, 2.05) is 0 Å². The van der Waals surface area contributed by atoms with Crippen LogP contribution in [0.2, 0.25) is 0 Å². The molecule has 0 bridgehead atoms. The standard InChI is InChI=1S/C12H26O4S.Mg.Na.3H/c1-2-3-4-5-6-7-8-9-10-11-12-16-17(13,14)15;;;;;/h2-12H2,1H3,(H,13,14,15);;;;;. The third-order valence-electron chi connectivity index (χ3n) is 2.73. The second kappa shape index (κ2) is 17.7. The molecule has 0 saturated heterocycles. The molecule has 0 amide bonds. The SMILES string of the molecule is CCCCCCCCCCCCOS(=O)(=O)O.[MgH2].[NaH]. The normalized spacial score (nSPS) is 10.6. The number of rotatable bonds is 12. The first-order chi connectivity index (χ1) is 8.06. The van der Waals surface area contributed by atoms with E-state index in [1.165, 1.54) is 44.9 Å². The molecule has 0 spiro atoms. The van der Waals surface area contributed by atoms with E-state index in [0.29, 0.717) is 6.42 Å². The zero-order chi connectivity index (χ0) is 13.0. The van der Waals surface area contributed by atoms with Crippen molar-refractivity contribution in [1.29, 1.82) is 0 Å². The van der Waals surface area contributed by atoms with Crippen molar-refractivity contribution < 1.29 is 17.2 Å². The summed E-state index contributed by atoms with van der Waals surface area (Å²) in [6, 6.07) is 0. The summed E-state index contributed by atoms with van der Waals surface area (Å²) in [6.45, 7) is 2.31. The van der Waals surface area contributed by atoms with Crippen molar-refractivity contribution in [2.75, 3.05) is 6.61 Å². The fourth-order valence-electron chi connectivity index (χ4n) is 1.75. The minimum absolute atomic E-state index is 0. The summed E-state index contributed by atoms with van der Waals surface area (Å²) in [5.41, 5.74) is 0. The fraction of sp³-hybridized carbons (Fsp3) is 1.00. The van der Waals surface area contributed by atoms with Gasteiger partial charge in [-0.25, -0.2) is 4.18 Å². The van der Waals surface area contributed by atoms with Gasteiger partial charge in [0, 0.05) is 0 Å². The summed E-state index contributed by atoms with van der Waals surface area (Å²) in [4.78, 5) is 0. The molecule has 0 heterocycles. The van der Waals surface area contributed by atoms with Gasteiger partial charge >= 0.3 is 63.0 Å². The minimum atomic E-state index is -4.23. The van der Waals surface area contributed by atoms with Gasteiger partial charge in [0.05, 0.1) is 6.61 Å². The molecule has 0 unspecified atom stereocenters. The molecule has 0 atom stereocenters. The summed E-state index contributed by atoms with van der Waals surface area (Å²) in [7, 11) is -4.23. The van der Waals surface area contributed by atoms with E-state index in [-0.39, 0.29) is 59.2 Å². The third-order valence-corrected chi connectivity index (χ3v) is 3.19. The van der Waals surface area contributed by atoms with Crippen LogP contribution in [0.25, 0.3) is 0 Å². The van der Waals surface area contributed by atoms with Gasteiger partial charge in [0.2, 0.25) is 0 Å². The molecule has 110 valence electrons. The van der Waals surface area contributed by atoms with Crippen molar-refractivity contribution in [3.05, 3.63) is 0 Å². The van der Waals surface area contributed by atoms with Gasteiger partial charge in [-0.2, -0.15) is 8.42 Å². The monoisotopic (exact) mass is 316 g/mol. The Hall–Kier alpha value is 1.64. The fourth-order valence-corrected chi connectivity index (χ4v) is 2.08. The predicted molar refractivity (Wildman–Crippen MR) is 85.0 cm³/mol. The van der Waals surface area contributed by atoms with E-state index in [1.54, 1.807) is 0 Å². The Bertz CT molecular complexity index is 260. The molecule has 19 heavy (non-hydrogen) atoms. The zero-order valence-electron chi connectivity index (χ0n) is 10.9.